The molecule has 1 aromatic carbocycles. The molecule has 0 radical (unpaired) electrons. The highest BCUT2D eigenvalue weighted by molar-refractivity contribution is 8.13. The van der Waals surface area contributed by atoms with Crippen molar-refractivity contribution < 1.29 is 21.6 Å². The zero-order valence-electron chi connectivity index (χ0n) is 11.3. The molecular formula is C12H14ClNO5S2. The van der Waals surface area contributed by atoms with Gasteiger partial charge < -0.3 is 5.32 Å². The molecule has 1 fully saturated rings. The van der Waals surface area contributed by atoms with Gasteiger partial charge in [0.25, 0.3) is 15.0 Å². The van der Waals surface area contributed by atoms with Crippen molar-refractivity contribution in [1.29, 1.82) is 0 Å². The first kappa shape index (κ1) is 16.3. The molecule has 1 aromatic rings. The second-order valence-electron chi connectivity index (χ2n) is 5.20. The smallest absolute Gasteiger partial charge is 0.261 e. The summed E-state index contributed by atoms with van der Waals surface area (Å²) in [7, 11) is -2.56. The molecule has 2 atom stereocenters. The summed E-state index contributed by atoms with van der Waals surface area (Å²) in [5.74, 6) is -0.153. The van der Waals surface area contributed by atoms with Crippen molar-refractivity contribution in [3.8, 4) is 0 Å². The monoisotopic (exact) mass is 351 g/mol. The van der Waals surface area contributed by atoms with Crippen molar-refractivity contribution in [3.63, 3.8) is 0 Å². The van der Waals surface area contributed by atoms with Gasteiger partial charge in [-0.3, -0.25) is 4.79 Å². The average molecular weight is 352 g/mol. The van der Waals surface area contributed by atoms with Gasteiger partial charge in [0.15, 0.2) is 9.84 Å². The molecule has 2 unspecified atom stereocenters. The maximum Gasteiger partial charge on any atom is 0.261 e. The van der Waals surface area contributed by atoms with Crippen LogP contribution in [0.2, 0.25) is 0 Å². The molecular weight excluding hydrogens is 338 g/mol. The minimum absolute atomic E-state index is 0.0375. The van der Waals surface area contributed by atoms with Crippen LogP contribution in [0.5, 0.6) is 0 Å². The zero-order valence-corrected chi connectivity index (χ0v) is 13.7. The van der Waals surface area contributed by atoms with Crippen LogP contribution in [0.3, 0.4) is 0 Å². The standard InChI is InChI=1S/C12H14ClNO5S2/c1-7-3-11(7)14-12(15)8-4-9(20(2,16)17)6-10(5-8)21(13,18)19/h4-7,11H,3H2,1-2H3,(H,14,15). The third-order valence-corrected chi connectivity index (χ3v) is 5.70. The van der Waals surface area contributed by atoms with Gasteiger partial charge in [-0.1, -0.05) is 6.92 Å². The molecule has 1 N–H and O–H groups in total. The highest BCUT2D eigenvalue weighted by atomic mass is 35.7. The van der Waals surface area contributed by atoms with E-state index in [4.69, 9.17) is 10.7 Å². The number of rotatable bonds is 4. The van der Waals surface area contributed by atoms with Crippen LogP contribution in [0.25, 0.3) is 0 Å². The van der Waals surface area contributed by atoms with E-state index in [1.165, 1.54) is 0 Å². The SMILES string of the molecule is CC1CC1NC(=O)c1cc(S(C)(=O)=O)cc(S(=O)(=O)Cl)c1. The molecule has 0 aromatic heterocycles. The largest absolute Gasteiger partial charge is 0.349 e. The molecule has 0 saturated heterocycles. The number of amides is 1. The van der Waals surface area contributed by atoms with Crippen LogP contribution in [0, 0.1) is 5.92 Å². The Hall–Kier alpha value is -1.12. The summed E-state index contributed by atoms with van der Waals surface area (Å²) < 4.78 is 46.0. The van der Waals surface area contributed by atoms with Crippen LogP contribution in [0.4, 0.5) is 0 Å². The van der Waals surface area contributed by atoms with Crippen molar-refractivity contribution in [2.24, 2.45) is 5.92 Å². The molecule has 9 heteroatoms. The van der Waals surface area contributed by atoms with Crippen molar-refractivity contribution >= 4 is 35.5 Å². The molecule has 6 nitrogen and oxygen atoms in total. The first-order chi connectivity index (χ1) is 9.48. The Morgan fingerprint density at radius 1 is 1.19 bits per heavy atom. The van der Waals surface area contributed by atoms with E-state index >= 15 is 0 Å². The fourth-order valence-electron chi connectivity index (χ4n) is 1.83. The molecule has 2 rings (SSSR count). The van der Waals surface area contributed by atoms with Crippen molar-refractivity contribution in [2.45, 2.75) is 29.2 Å². The van der Waals surface area contributed by atoms with Gasteiger partial charge in [-0.05, 0) is 30.5 Å². The quantitative estimate of drug-likeness (QED) is 0.821. The van der Waals surface area contributed by atoms with Gasteiger partial charge in [-0.15, -0.1) is 0 Å². The molecule has 0 spiro atoms. The topological polar surface area (TPSA) is 97.4 Å². The van der Waals surface area contributed by atoms with Gasteiger partial charge in [0.05, 0.1) is 9.79 Å². The van der Waals surface area contributed by atoms with Crippen LogP contribution in [-0.2, 0) is 18.9 Å². The van der Waals surface area contributed by atoms with Crippen molar-refractivity contribution in [2.75, 3.05) is 6.26 Å². The summed E-state index contributed by atoms with van der Waals surface area (Å²) in [6, 6.07) is 3.19. The Morgan fingerprint density at radius 2 is 1.71 bits per heavy atom. The molecule has 116 valence electrons. The Bertz CT molecular complexity index is 751. The van der Waals surface area contributed by atoms with E-state index in [1.54, 1.807) is 0 Å². The van der Waals surface area contributed by atoms with Gasteiger partial charge >= 0.3 is 0 Å². The summed E-state index contributed by atoms with van der Waals surface area (Å²) in [6.45, 7) is 1.96. The molecule has 0 aliphatic heterocycles. The van der Waals surface area contributed by atoms with Crippen LogP contribution in [-0.4, -0.2) is 35.0 Å². The third-order valence-electron chi connectivity index (χ3n) is 3.28. The van der Waals surface area contributed by atoms with E-state index in [0.717, 1.165) is 30.9 Å². The van der Waals surface area contributed by atoms with Gasteiger partial charge in [0.1, 0.15) is 0 Å². The first-order valence-electron chi connectivity index (χ1n) is 6.09. The van der Waals surface area contributed by atoms with Crippen LogP contribution < -0.4 is 5.32 Å². The van der Waals surface area contributed by atoms with Gasteiger partial charge in [0.2, 0.25) is 0 Å². The summed E-state index contributed by atoms with van der Waals surface area (Å²) >= 11 is 0. The van der Waals surface area contributed by atoms with Crippen LogP contribution in [0.1, 0.15) is 23.7 Å². The lowest BCUT2D eigenvalue weighted by Gasteiger charge is -2.08. The summed E-state index contributed by atoms with van der Waals surface area (Å²) in [4.78, 5) is 11.4. The second-order valence-corrected chi connectivity index (χ2v) is 9.78. The summed E-state index contributed by atoms with van der Waals surface area (Å²) in [5.41, 5.74) is -0.0451. The highest BCUT2D eigenvalue weighted by Gasteiger charge is 2.34. The molecule has 0 heterocycles. The maximum atomic E-state index is 12.1. The Kier molecular flexibility index (Phi) is 4.07. The average Bonchev–Trinajstić information content (AvgIpc) is 3.02. The lowest BCUT2D eigenvalue weighted by Crippen LogP contribution is -2.26. The molecule has 1 saturated carbocycles. The summed E-state index contributed by atoms with van der Waals surface area (Å²) in [6.07, 6.45) is 1.77. The van der Waals surface area contributed by atoms with Crippen molar-refractivity contribution in [1.82, 2.24) is 5.32 Å². The molecule has 1 aliphatic rings. The first-order valence-corrected chi connectivity index (χ1v) is 10.3. The summed E-state index contributed by atoms with van der Waals surface area (Å²) in [5, 5.41) is 2.71. The predicted octanol–water partition coefficient (Wildman–Crippen LogP) is 1.16. The van der Waals surface area contributed by atoms with Crippen molar-refractivity contribution in [3.05, 3.63) is 23.8 Å². The number of halogens is 1. The lowest BCUT2D eigenvalue weighted by molar-refractivity contribution is 0.0949. The van der Waals surface area contributed by atoms with E-state index in [0.29, 0.717) is 5.92 Å². The molecule has 0 bridgehead atoms. The van der Waals surface area contributed by atoms with Crippen LogP contribution in [0.15, 0.2) is 28.0 Å². The molecule has 1 aliphatic carbocycles. The lowest BCUT2D eigenvalue weighted by atomic mass is 10.2. The Morgan fingerprint density at radius 3 is 2.14 bits per heavy atom. The van der Waals surface area contributed by atoms with E-state index in [9.17, 15) is 21.6 Å². The van der Waals surface area contributed by atoms with Gasteiger partial charge in [0, 0.05) is 28.5 Å². The van der Waals surface area contributed by atoms with E-state index in [2.05, 4.69) is 5.32 Å². The number of nitrogens with one attached hydrogen (secondary N) is 1. The number of hydrogen-bond acceptors (Lipinski definition) is 5. The van der Waals surface area contributed by atoms with Crippen LogP contribution >= 0.6 is 10.7 Å². The number of hydrogen-bond donors (Lipinski definition) is 1. The van der Waals surface area contributed by atoms with E-state index < -0.39 is 29.7 Å². The fourth-order valence-corrected chi connectivity index (χ4v) is 3.39. The van der Waals surface area contributed by atoms with E-state index in [1.807, 2.05) is 6.92 Å². The van der Waals surface area contributed by atoms with E-state index in [-0.39, 0.29) is 16.5 Å². The number of benzene rings is 1. The fraction of sp³-hybridized carbons (Fsp3) is 0.417. The minimum atomic E-state index is -4.14. The zero-order chi connectivity index (χ0) is 16.0. The Labute approximate surface area is 127 Å². The third kappa shape index (κ3) is 3.96. The number of sulfone groups is 1. The maximum absolute atomic E-state index is 12.1. The predicted molar refractivity (Wildman–Crippen MR) is 77.6 cm³/mol. The Balaban J connectivity index is 2.47. The number of carbonyl (C=O) groups excluding carboxylic acids is 1. The van der Waals surface area contributed by atoms with Gasteiger partial charge in [-0.25, -0.2) is 16.8 Å². The van der Waals surface area contributed by atoms with Gasteiger partial charge in [-0.2, -0.15) is 0 Å². The number of carbonyl (C=O) groups is 1. The minimum Gasteiger partial charge on any atom is -0.349 e. The highest BCUT2D eigenvalue weighted by Crippen LogP contribution is 2.29. The second kappa shape index (κ2) is 5.26. The molecule has 1 amide bonds. The normalized spacial score (nSPS) is 21.9. The molecule has 21 heavy (non-hydrogen) atoms.